The van der Waals surface area contributed by atoms with Gasteiger partial charge in [-0.15, -0.1) is 0 Å². The summed E-state index contributed by atoms with van der Waals surface area (Å²) in [4.78, 5) is 23.3. The maximum Gasteiger partial charge on any atom is 0.416 e. The molecule has 94 valence electrons. The molecule has 0 N–H and O–H groups in total. The molecule has 1 saturated heterocycles. The molecule has 2 rings (SSSR count). The van der Waals surface area contributed by atoms with Gasteiger partial charge in [0.1, 0.15) is 7.05 Å². The maximum absolute atomic E-state index is 11.6. The van der Waals surface area contributed by atoms with Gasteiger partial charge in [-0.05, 0) is 0 Å². The molecule has 18 heavy (non-hydrogen) atoms. The minimum Gasteiger partial charge on any atom is -0.623 e. The van der Waals surface area contributed by atoms with Crippen molar-refractivity contribution in [1.82, 2.24) is 0 Å². The highest BCUT2D eigenvalue weighted by Crippen LogP contribution is 2.30. The number of hydroxylamine groups is 1. The fraction of sp³-hybridized carbons (Fsp3) is 0.250. The lowest BCUT2D eigenvalue weighted by molar-refractivity contribution is -0.424. The third kappa shape index (κ3) is 1.92. The van der Waals surface area contributed by atoms with Gasteiger partial charge in [-0.2, -0.15) is 4.74 Å². The summed E-state index contributed by atoms with van der Waals surface area (Å²) < 4.78 is 10.2. The van der Waals surface area contributed by atoms with Crippen molar-refractivity contribution in [1.29, 1.82) is 0 Å². The monoisotopic (exact) mass is 249 g/mol. The quantitative estimate of drug-likeness (QED) is 0.314. The molecule has 1 aromatic rings. The van der Waals surface area contributed by atoms with E-state index in [-0.39, 0.29) is 4.74 Å². The van der Waals surface area contributed by atoms with Crippen LogP contribution < -0.4 is 0 Å². The second kappa shape index (κ2) is 4.14. The summed E-state index contributed by atoms with van der Waals surface area (Å²) >= 11 is 0. The number of rotatable bonds is 1. The van der Waals surface area contributed by atoms with Crippen molar-refractivity contribution >= 4 is 17.7 Å². The standard InChI is InChI=1S/C12H11NO5/c1-12(8-6-4-3-5-7-8)17-10(14)9(13(2)16)11(15)18-12/h3-7H,1-2H3. The molecular formula is C12H11NO5. The Morgan fingerprint density at radius 1 is 1.11 bits per heavy atom. The Labute approximate surface area is 103 Å². The first-order valence-electron chi connectivity index (χ1n) is 5.24. The Morgan fingerprint density at radius 3 is 2.06 bits per heavy atom. The number of cyclic esters (lactones) is 2. The van der Waals surface area contributed by atoms with Gasteiger partial charge in [0, 0.05) is 12.5 Å². The van der Waals surface area contributed by atoms with Crippen molar-refractivity contribution in [3.05, 3.63) is 41.1 Å². The number of carbonyl (C=O) groups excluding carboxylic acids is 2. The van der Waals surface area contributed by atoms with Gasteiger partial charge in [-0.1, -0.05) is 30.3 Å². The number of benzene rings is 1. The van der Waals surface area contributed by atoms with E-state index in [9.17, 15) is 14.8 Å². The number of carbonyl (C=O) groups is 2. The summed E-state index contributed by atoms with van der Waals surface area (Å²) in [5, 5.41) is 11.0. The summed E-state index contributed by atoms with van der Waals surface area (Å²) in [5.41, 5.74) is -0.150. The molecule has 1 fully saturated rings. The van der Waals surface area contributed by atoms with Crippen LogP contribution >= 0.6 is 0 Å². The van der Waals surface area contributed by atoms with E-state index in [1.165, 1.54) is 6.92 Å². The van der Waals surface area contributed by atoms with E-state index < -0.39 is 23.4 Å². The van der Waals surface area contributed by atoms with Crippen LogP contribution in [0.2, 0.25) is 0 Å². The summed E-state index contributed by atoms with van der Waals surface area (Å²) in [6.07, 6.45) is 0. The fourth-order valence-electron chi connectivity index (χ4n) is 1.67. The minimum atomic E-state index is -1.51. The van der Waals surface area contributed by atoms with Crippen molar-refractivity contribution < 1.29 is 23.8 Å². The number of hydrogen-bond acceptors (Lipinski definition) is 5. The molecule has 0 bridgehead atoms. The van der Waals surface area contributed by atoms with Crippen molar-refractivity contribution in [3.8, 4) is 0 Å². The SMILES string of the molecule is C[N+]([O-])=C1C(=O)OC(C)(c2ccccc2)OC1=O. The van der Waals surface area contributed by atoms with Crippen molar-refractivity contribution in [2.45, 2.75) is 12.7 Å². The van der Waals surface area contributed by atoms with Crippen LogP contribution in [0.4, 0.5) is 0 Å². The first-order chi connectivity index (χ1) is 8.44. The Bertz CT molecular complexity index is 511. The summed E-state index contributed by atoms with van der Waals surface area (Å²) in [6.45, 7) is 1.44. The highest BCUT2D eigenvalue weighted by atomic mass is 16.7. The molecule has 0 aromatic heterocycles. The largest absolute Gasteiger partial charge is 0.623 e. The molecule has 0 unspecified atom stereocenters. The number of hydrogen-bond donors (Lipinski definition) is 0. The van der Waals surface area contributed by atoms with Gasteiger partial charge in [0.15, 0.2) is 0 Å². The molecule has 6 nitrogen and oxygen atoms in total. The molecule has 0 atom stereocenters. The summed E-state index contributed by atoms with van der Waals surface area (Å²) in [7, 11) is 1.03. The lowest BCUT2D eigenvalue weighted by atomic mass is 10.1. The molecular weight excluding hydrogens is 238 g/mol. The van der Waals surface area contributed by atoms with Gasteiger partial charge in [0.2, 0.25) is 0 Å². The van der Waals surface area contributed by atoms with E-state index >= 15 is 0 Å². The highest BCUT2D eigenvalue weighted by molar-refractivity contribution is 6.61. The predicted octanol–water partition coefficient (Wildman–Crippen LogP) is 0.540. The highest BCUT2D eigenvalue weighted by Gasteiger charge is 2.48. The summed E-state index contributed by atoms with van der Waals surface area (Å²) in [6, 6.07) is 8.55. The lowest BCUT2D eigenvalue weighted by Gasteiger charge is -2.31. The van der Waals surface area contributed by atoms with Crippen LogP contribution in [0.5, 0.6) is 0 Å². The molecule has 1 aromatic carbocycles. The maximum atomic E-state index is 11.6. The fourth-order valence-corrected chi connectivity index (χ4v) is 1.67. The van der Waals surface area contributed by atoms with Crippen LogP contribution in [0.25, 0.3) is 0 Å². The van der Waals surface area contributed by atoms with E-state index in [1.807, 2.05) is 0 Å². The van der Waals surface area contributed by atoms with E-state index in [2.05, 4.69) is 0 Å². The summed E-state index contributed by atoms with van der Waals surface area (Å²) in [5.74, 6) is -3.49. The van der Waals surface area contributed by atoms with E-state index in [4.69, 9.17) is 9.47 Å². The van der Waals surface area contributed by atoms with E-state index in [0.717, 1.165) is 7.05 Å². The zero-order chi connectivity index (χ0) is 13.3. The van der Waals surface area contributed by atoms with Crippen LogP contribution in [0, 0.1) is 5.21 Å². The molecule has 0 spiro atoms. The number of ether oxygens (including phenoxy) is 2. The van der Waals surface area contributed by atoms with Gasteiger partial charge in [0.25, 0.3) is 5.79 Å². The Balaban J connectivity index is 2.39. The molecule has 0 amide bonds. The van der Waals surface area contributed by atoms with Crippen molar-refractivity contribution in [3.63, 3.8) is 0 Å². The van der Waals surface area contributed by atoms with Crippen LogP contribution in [-0.2, 0) is 24.8 Å². The average Bonchev–Trinajstić information content (AvgIpc) is 2.28. The van der Waals surface area contributed by atoms with Gasteiger partial charge in [-0.25, -0.2) is 9.59 Å². The topological polar surface area (TPSA) is 78.7 Å². The van der Waals surface area contributed by atoms with Gasteiger partial charge in [-0.3, -0.25) is 0 Å². The van der Waals surface area contributed by atoms with E-state index in [0.29, 0.717) is 5.56 Å². The third-order valence-corrected chi connectivity index (χ3v) is 2.57. The smallest absolute Gasteiger partial charge is 0.416 e. The Morgan fingerprint density at radius 2 is 1.61 bits per heavy atom. The predicted molar refractivity (Wildman–Crippen MR) is 60.5 cm³/mol. The second-order valence-electron chi connectivity index (χ2n) is 3.94. The molecule has 6 heteroatoms. The molecule has 1 heterocycles. The molecule has 1 aliphatic rings. The van der Waals surface area contributed by atoms with Gasteiger partial charge in [0.05, 0.1) is 0 Å². The molecule has 0 aliphatic carbocycles. The molecule has 0 saturated carbocycles. The third-order valence-electron chi connectivity index (χ3n) is 2.57. The Hall–Kier alpha value is -2.37. The average molecular weight is 249 g/mol. The van der Waals surface area contributed by atoms with Crippen molar-refractivity contribution in [2.24, 2.45) is 0 Å². The van der Waals surface area contributed by atoms with Gasteiger partial charge >= 0.3 is 17.7 Å². The zero-order valence-corrected chi connectivity index (χ0v) is 9.88. The normalized spacial score (nSPS) is 23.3. The van der Waals surface area contributed by atoms with E-state index in [1.54, 1.807) is 30.3 Å². The van der Waals surface area contributed by atoms with Crippen molar-refractivity contribution in [2.75, 3.05) is 7.05 Å². The first-order valence-corrected chi connectivity index (χ1v) is 5.24. The number of esters is 2. The molecule has 0 radical (unpaired) electrons. The lowest BCUT2D eigenvalue weighted by Crippen LogP contribution is -2.49. The molecule has 1 aliphatic heterocycles. The number of nitrogens with zero attached hydrogens (tertiary/aromatic N) is 1. The second-order valence-corrected chi connectivity index (χ2v) is 3.94. The van der Waals surface area contributed by atoms with Crippen LogP contribution in [0.15, 0.2) is 30.3 Å². The van der Waals surface area contributed by atoms with Crippen LogP contribution in [0.3, 0.4) is 0 Å². The first kappa shape index (κ1) is 12.1. The van der Waals surface area contributed by atoms with Crippen LogP contribution in [0.1, 0.15) is 12.5 Å². The minimum absolute atomic E-state index is 0.134. The van der Waals surface area contributed by atoms with Gasteiger partial charge < -0.3 is 14.7 Å². The Kier molecular flexibility index (Phi) is 2.78. The zero-order valence-electron chi connectivity index (χ0n) is 9.88. The van der Waals surface area contributed by atoms with Crippen LogP contribution in [-0.4, -0.2) is 29.4 Å².